The SMILES string of the molecule is CNC(=O)[C@H]1CN(C(=O)c2cc3c(OC)cccc3[nH]2)CCN1C(C)=O. The van der Waals surface area contributed by atoms with Crippen molar-refractivity contribution in [2.24, 2.45) is 0 Å². The molecule has 8 nitrogen and oxygen atoms in total. The molecule has 0 unspecified atom stereocenters. The molecule has 26 heavy (non-hydrogen) atoms. The molecule has 2 N–H and O–H groups in total. The predicted octanol–water partition coefficient (Wildman–Crippen LogP) is 0.595. The molecule has 3 amide bonds. The average Bonchev–Trinajstić information content (AvgIpc) is 3.10. The average molecular weight is 358 g/mol. The summed E-state index contributed by atoms with van der Waals surface area (Å²) in [4.78, 5) is 43.0. The first kappa shape index (κ1) is 17.8. The maximum Gasteiger partial charge on any atom is 0.270 e. The topological polar surface area (TPSA) is 94.7 Å². The fourth-order valence-corrected chi connectivity index (χ4v) is 3.33. The van der Waals surface area contributed by atoms with Crippen LogP contribution in [0, 0.1) is 0 Å². The summed E-state index contributed by atoms with van der Waals surface area (Å²) in [6.45, 7) is 2.28. The summed E-state index contributed by atoms with van der Waals surface area (Å²) < 4.78 is 5.33. The van der Waals surface area contributed by atoms with Gasteiger partial charge in [-0.3, -0.25) is 14.4 Å². The number of carbonyl (C=O) groups excluding carboxylic acids is 3. The monoisotopic (exact) mass is 358 g/mol. The smallest absolute Gasteiger partial charge is 0.270 e. The number of nitrogens with zero attached hydrogens (tertiary/aromatic N) is 2. The largest absolute Gasteiger partial charge is 0.496 e. The van der Waals surface area contributed by atoms with E-state index >= 15 is 0 Å². The van der Waals surface area contributed by atoms with Gasteiger partial charge in [0.1, 0.15) is 17.5 Å². The van der Waals surface area contributed by atoms with E-state index in [1.807, 2.05) is 18.2 Å². The van der Waals surface area contributed by atoms with Crippen LogP contribution in [0.4, 0.5) is 0 Å². The minimum atomic E-state index is -0.686. The number of hydrogen-bond donors (Lipinski definition) is 2. The minimum absolute atomic E-state index is 0.157. The standard InChI is InChI=1S/C18H22N4O4/c1-11(23)22-8-7-21(10-15(22)17(24)19-2)18(25)14-9-12-13(20-14)5-4-6-16(12)26-3/h4-6,9,15,20H,7-8,10H2,1-3H3,(H,19,24)/t15-/m1/s1. The Morgan fingerprint density at radius 3 is 2.69 bits per heavy atom. The van der Waals surface area contributed by atoms with Gasteiger partial charge >= 0.3 is 0 Å². The summed E-state index contributed by atoms with van der Waals surface area (Å²) in [5, 5.41) is 3.38. The van der Waals surface area contributed by atoms with Gasteiger partial charge in [-0.1, -0.05) is 6.07 Å². The number of carbonyl (C=O) groups is 3. The Hall–Kier alpha value is -3.03. The predicted molar refractivity (Wildman–Crippen MR) is 96.0 cm³/mol. The van der Waals surface area contributed by atoms with Gasteiger partial charge in [0.25, 0.3) is 5.91 Å². The van der Waals surface area contributed by atoms with Crippen molar-refractivity contribution in [2.45, 2.75) is 13.0 Å². The van der Waals surface area contributed by atoms with Gasteiger partial charge in [0.2, 0.25) is 11.8 Å². The van der Waals surface area contributed by atoms with Crippen molar-refractivity contribution in [1.29, 1.82) is 0 Å². The number of rotatable bonds is 3. The summed E-state index contributed by atoms with van der Waals surface area (Å²) in [7, 11) is 3.10. The number of ether oxygens (including phenoxy) is 1. The fraction of sp³-hybridized carbons (Fsp3) is 0.389. The summed E-state index contributed by atoms with van der Waals surface area (Å²) in [6.07, 6.45) is 0. The first-order chi connectivity index (χ1) is 12.5. The quantitative estimate of drug-likeness (QED) is 0.840. The molecule has 8 heteroatoms. The first-order valence-electron chi connectivity index (χ1n) is 8.40. The van der Waals surface area contributed by atoms with Crippen LogP contribution in [-0.4, -0.2) is 72.3 Å². The maximum atomic E-state index is 12.9. The van der Waals surface area contributed by atoms with Crippen molar-refractivity contribution in [3.63, 3.8) is 0 Å². The normalized spacial score (nSPS) is 17.3. The van der Waals surface area contributed by atoms with Crippen molar-refractivity contribution >= 4 is 28.6 Å². The summed E-state index contributed by atoms with van der Waals surface area (Å²) in [6, 6.07) is 6.61. The molecular formula is C18H22N4O4. The van der Waals surface area contributed by atoms with Gasteiger partial charge in [0, 0.05) is 38.0 Å². The molecule has 1 atom stereocenters. The molecule has 1 aliphatic heterocycles. The van der Waals surface area contributed by atoms with Crippen LogP contribution in [0.5, 0.6) is 5.75 Å². The number of nitrogens with one attached hydrogen (secondary N) is 2. The molecule has 0 spiro atoms. The highest BCUT2D eigenvalue weighted by Crippen LogP contribution is 2.26. The Labute approximate surface area is 151 Å². The highest BCUT2D eigenvalue weighted by atomic mass is 16.5. The van der Waals surface area contributed by atoms with Crippen LogP contribution in [0.1, 0.15) is 17.4 Å². The second-order valence-corrected chi connectivity index (χ2v) is 6.20. The molecule has 0 bridgehead atoms. The van der Waals surface area contributed by atoms with Crippen LogP contribution < -0.4 is 10.1 Å². The molecule has 1 fully saturated rings. The Morgan fingerprint density at radius 1 is 1.27 bits per heavy atom. The Morgan fingerprint density at radius 2 is 2.04 bits per heavy atom. The van der Waals surface area contributed by atoms with E-state index in [4.69, 9.17) is 4.74 Å². The van der Waals surface area contributed by atoms with E-state index < -0.39 is 6.04 Å². The van der Waals surface area contributed by atoms with Crippen molar-refractivity contribution in [3.05, 3.63) is 30.0 Å². The van der Waals surface area contributed by atoms with E-state index in [0.717, 1.165) is 10.9 Å². The van der Waals surface area contributed by atoms with Gasteiger partial charge in [-0.2, -0.15) is 0 Å². The van der Waals surface area contributed by atoms with Crippen LogP contribution in [0.15, 0.2) is 24.3 Å². The number of aromatic nitrogens is 1. The third-order valence-electron chi connectivity index (χ3n) is 4.70. The number of hydrogen-bond acceptors (Lipinski definition) is 4. The lowest BCUT2D eigenvalue weighted by Gasteiger charge is -2.39. The number of H-pyrrole nitrogens is 1. The number of aromatic amines is 1. The van der Waals surface area contributed by atoms with Crippen LogP contribution in [0.3, 0.4) is 0 Å². The highest BCUT2D eigenvalue weighted by Gasteiger charge is 2.35. The van der Waals surface area contributed by atoms with E-state index in [2.05, 4.69) is 10.3 Å². The van der Waals surface area contributed by atoms with E-state index in [0.29, 0.717) is 24.5 Å². The fourth-order valence-electron chi connectivity index (χ4n) is 3.33. The van der Waals surface area contributed by atoms with Crippen molar-refractivity contribution in [1.82, 2.24) is 20.1 Å². The number of amides is 3. The number of piperazine rings is 1. The number of fused-ring (bicyclic) bond motifs is 1. The first-order valence-corrected chi connectivity index (χ1v) is 8.40. The van der Waals surface area contributed by atoms with Crippen LogP contribution in [0.25, 0.3) is 10.9 Å². The Kier molecular flexibility index (Phi) is 4.83. The zero-order chi connectivity index (χ0) is 18.8. The van der Waals surface area contributed by atoms with Crippen molar-refractivity contribution in [2.75, 3.05) is 33.8 Å². The molecule has 1 aromatic heterocycles. The maximum absolute atomic E-state index is 12.9. The summed E-state index contributed by atoms with van der Waals surface area (Å²) in [5.41, 5.74) is 1.23. The molecule has 0 radical (unpaired) electrons. The molecule has 2 heterocycles. The molecule has 3 rings (SSSR count). The van der Waals surface area contributed by atoms with Crippen molar-refractivity contribution < 1.29 is 19.1 Å². The van der Waals surface area contributed by atoms with Gasteiger partial charge in [-0.15, -0.1) is 0 Å². The minimum Gasteiger partial charge on any atom is -0.496 e. The molecule has 1 aliphatic rings. The van der Waals surface area contributed by atoms with E-state index in [1.165, 1.54) is 18.9 Å². The molecule has 1 saturated heterocycles. The second kappa shape index (κ2) is 7.07. The van der Waals surface area contributed by atoms with Gasteiger partial charge in [0.05, 0.1) is 13.7 Å². The lowest BCUT2D eigenvalue weighted by molar-refractivity contribution is -0.141. The van der Waals surface area contributed by atoms with E-state index in [9.17, 15) is 14.4 Å². The van der Waals surface area contributed by atoms with E-state index in [-0.39, 0.29) is 24.3 Å². The molecule has 0 saturated carbocycles. The molecular weight excluding hydrogens is 336 g/mol. The zero-order valence-electron chi connectivity index (χ0n) is 15.0. The summed E-state index contributed by atoms with van der Waals surface area (Å²) >= 11 is 0. The van der Waals surface area contributed by atoms with E-state index in [1.54, 1.807) is 18.1 Å². The lowest BCUT2D eigenvalue weighted by atomic mass is 10.1. The molecule has 0 aliphatic carbocycles. The highest BCUT2D eigenvalue weighted by molar-refractivity contribution is 6.00. The Bertz CT molecular complexity index is 860. The van der Waals surface area contributed by atoms with Gasteiger partial charge < -0.3 is 24.8 Å². The van der Waals surface area contributed by atoms with Crippen LogP contribution in [0.2, 0.25) is 0 Å². The number of methoxy groups -OCH3 is 1. The second-order valence-electron chi connectivity index (χ2n) is 6.20. The Balaban J connectivity index is 1.86. The third-order valence-corrected chi connectivity index (χ3v) is 4.70. The van der Waals surface area contributed by atoms with Crippen LogP contribution in [-0.2, 0) is 9.59 Å². The molecule has 2 aromatic rings. The van der Waals surface area contributed by atoms with Gasteiger partial charge in [-0.05, 0) is 18.2 Å². The van der Waals surface area contributed by atoms with Crippen molar-refractivity contribution in [3.8, 4) is 5.75 Å². The third kappa shape index (κ3) is 3.10. The lowest BCUT2D eigenvalue weighted by Crippen LogP contribution is -2.60. The van der Waals surface area contributed by atoms with Gasteiger partial charge in [0.15, 0.2) is 0 Å². The molecule has 138 valence electrons. The summed E-state index contributed by atoms with van der Waals surface area (Å²) in [5.74, 6) is 0.0138. The number of likely N-dealkylation sites (N-methyl/N-ethyl adjacent to an activating group) is 1. The van der Waals surface area contributed by atoms with Gasteiger partial charge in [-0.25, -0.2) is 0 Å². The molecule has 1 aromatic carbocycles. The number of benzene rings is 1. The zero-order valence-corrected chi connectivity index (χ0v) is 15.0. The van der Waals surface area contributed by atoms with Crippen LogP contribution >= 0.6 is 0 Å².